The van der Waals surface area contributed by atoms with E-state index >= 15 is 0 Å². The minimum atomic E-state index is -3.86. The summed E-state index contributed by atoms with van der Waals surface area (Å²) in [6, 6.07) is -0.885. The maximum Gasteiger partial charge on any atom is 0.246 e. The molecule has 8 nitrogen and oxygen atoms in total. The van der Waals surface area contributed by atoms with Gasteiger partial charge in [-0.2, -0.15) is 4.72 Å². The van der Waals surface area contributed by atoms with Crippen LogP contribution in [0, 0.1) is 13.8 Å². The van der Waals surface area contributed by atoms with Gasteiger partial charge in [0.05, 0.1) is 6.04 Å². The molecule has 1 amide bonds. The molecule has 2 heterocycles. The van der Waals surface area contributed by atoms with Gasteiger partial charge >= 0.3 is 0 Å². The summed E-state index contributed by atoms with van der Waals surface area (Å²) in [4.78, 5) is 14.1. The zero-order valence-corrected chi connectivity index (χ0v) is 13.8. The van der Waals surface area contributed by atoms with Crippen molar-refractivity contribution in [3.8, 4) is 0 Å². The molecule has 0 radical (unpaired) electrons. The van der Waals surface area contributed by atoms with Crippen LogP contribution in [-0.4, -0.2) is 49.6 Å². The number of likely N-dealkylation sites (tertiary alicyclic amines) is 1. The summed E-state index contributed by atoms with van der Waals surface area (Å²) >= 11 is 0. The van der Waals surface area contributed by atoms with Gasteiger partial charge in [0.15, 0.2) is 5.76 Å². The molecule has 2 rings (SSSR count). The van der Waals surface area contributed by atoms with Crippen LogP contribution in [0.2, 0.25) is 0 Å². The van der Waals surface area contributed by atoms with Gasteiger partial charge in [0.2, 0.25) is 15.9 Å². The van der Waals surface area contributed by atoms with Gasteiger partial charge in [-0.05, 0) is 33.6 Å². The second-order valence-corrected chi connectivity index (χ2v) is 7.21. The smallest absolute Gasteiger partial charge is 0.246 e. The molecule has 0 spiro atoms. The topological polar surface area (TPSA) is 119 Å². The third kappa shape index (κ3) is 3.16. The lowest BCUT2D eigenvalue weighted by molar-refractivity contribution is -0.133. The van der Waals surface area contributed by atoms with Gasteiger partial charge in [0.25, 0.3) is 0 Å². The summed E-state index contributed by atoms with van der Waals surface area (Å²) < 4.78 is 32.1. The number of carbonyl (C=O) groups is 1. The van der Waals surface area contributed by atoms with E-state index in [2.05, 4.69) is 9.88 Å². The molecular weight excluding hydrogens is 308 g/mol. The first-order valence-electron chi connectivity index (χ1n) is 7.23. The largest absolute Gasteiger partial charge is 0.360 e. The van der Waals surface area contributed by atoms with Crippen LogP contribution in [-0.2, 0) is 14.8 Å². The number of carbonyl (C=O) groups excluding carboxylic acids is 1. The van der Waals surface area contributed by atoms with E-state index in [1.165, 1.54) is 13.8 Å². The number of hydrogen-bond donors (Lipinski definition) is 2. The van der Waals surface area contributed by atoms with Gasteiger partial charge in [0.1, 0.15) is 10.6 Å². The maximum atomic E-state index is 12.4. The Labute approximate surface area is 130 Å². The fourth-order valence-electron chi connectivity index (χ4n) is 2.82. The molecule has 0 aliphatic carbocycles. The normalized spacial score (nSPS) is 20.4. The molecule has 1 aromatic heterocycles. The van der Waals surface area contributed by atoms with Crippen molar-refractivity contribution in [3.05, 3.63) is 11.5 Å². The lowest BCUT2D eigenvalue weighted by atomic mass is 10.2. The maximum absolute atomic E-state index is 12.4. The van der Waals surface area contributed by atoms with E-state index in [-0.39, 0.29) is 28.3 Å². The number of aryl methyl sites for hydroxylation is 2. The summed E-state index contributed by atoms with van der Waals surface area (Å²) in [6.07, 6.45) is 1.74. The van der Waals surface area contributed by atoms with Gasteiger partial charge < -0.3 is 15.2 Å². The summed E-state index contributed by atoms with van der Waals surface area (Å²) in [5, 5.41) is 3.63. The van der Waals surface area contributed by atoms with Gasteiger partial charge in [-0.3, -0.25) is 4.79 Å². The lowest BCUT2D eigenvalue weighted by Gasteiger charge is -2.26. The van der Waals surface area contributed by atoms with Crippen LogP contribution in [0.15, 0.2) is 9.42 Å². The molecule has 1 aromatic rings. The first kappa shape index (κ1) is 16.9. The predicted octanol–water partition coefficient (Wildman–Crippen LogP) is -0.0921. The second kappa shape index (κ2) is 6.35. The van der Waals surface area contributed by atoms with Crippen LogP contribution in [0.4, 0.5) is 0 Å². The van der Waals surface area contributed by atoms with Crippen molar-refractivity contribution < 1.29 is 17.7 Å². The first-order valence-corrected chi connectivity index (χ1v) is 8.72. The van der Waals surface area contributed by atoms with E-state index in [4.69, 9.17) is 10.3 Å². The fraction of sp³-hybridized carbons (Fsp3) is 0.692. The highest BCUT2D eigenvalue weighted by Crippen LogP contribution is 2.21. The van der Waals surface area contributed by atoms with Crippen LogP contribution in [0.5, 0.6) is 0 Å². The van der Waals surface area contributed by atoms with Crippen LogP contribution >= 0.6 is 0 Å². The molecule has 0 bridgehead atoms. The molecule has 1 saturated heterocycles. The van der Waals surface area contributed by atoms with Gasteiger partial charge in [-0.15, -0.1) is 0 Å². The first-order chi connectivity index (χ1) is 10.3. The molecule has 1 aliphatic rings. The number of sulfonamides is 1. The van der Waals surface area contributed by atoms with Crippen molar-refractivity contribution in [1.29, 1.82) is 0 Å². The Morgan fingerprint density at radius 3 is 2.77 bits per heavy atom. The van der Waals surface area contributed by atoms with Crippen molar-refractivity contribution in [2.24, 2.45) is 5.73 Å². The highest BCUT2D eigenvalue weighted by molar-refractivity contribution is 7.89. The zero-order chi connectivity index (χ0) is 16.5. The Hall–Kier alpha value is -1.45. The van der Waals surface area contributed by atoms with Crippen LogP contribution < -0.4 is 10.5 Å². The Kier molecular flexibility index (Phi) is 4.88. The SMILES string of the molecule is Cc1noc(C)c1S(=O)(=O)NC(C)C(=O)N1CCCC1CN. The minimum Gasteiger partial charge on any atom is -0.360 e. The summed E-state index contributed by atoms with van der Waals surface area (Å²) in [5.41, 5.74) is 5.92. The van der Waals surface area contributed by atoms with Crippen LogP contribution in [0.1, 0.15) is 31.2 Å². The quantitative estimate of drug-likeness (QED) is 0.779. The number of aromatic nitrogens is 1. The molecule has 0 aromatic carbocycles. The molecular formula is C13H22N4O4S. The minimum absolute atomic E-state index is 0.0102. The van der Waals surface area contributed by atoms with Gasteiger partial charge in [-0.25, -0.2) is 8.42 Å². The number of rotatable bonds is 5. The van der Waals surface area contributed by atoms with E-state index < -0.39 is 16.1 Å². The summed E-state index contributed by atoms with van der Waals surface area (Å²) in [6.45, 7) is 5.59. The third-order valence-electron chi connectivity index (χ3n) is 3.87. The molecule has 1 fully saturated rings. The van der Waals surface area contributed by atoms with E-state index in [0.29, 0.717) is 13.1 Å². The highest BCUT2D eigenvalue weighted by atomic mass is 32.2. The molecule has 22 heavy (non-hydrogen) atoms. The van der Waals surface area contributed by atoms with Crippen molar-refractivity contribution in [2.75, 3.05) is 13.1 Å². The van der Waals surface area contributed by atoms with E-state index in [1.807, 2.05) is 0 Å². The van der Waals surface area contributed by atoms with E-state index in [9.17, 15) is 13.2 Å². The van der Waals surface area contributed by atoms with E-state index in [1.54, 1.807) is 11.8 Å². The average molecular weight is 330 g/mol. The van der Waals surface area contributed by atoms with E-state index in [0.717, 1.165) is 12.8 Å². The standard InChI is InChI=1S/C13H22N4O4S/c1-8-12(10(3)21-15-8)22(19,20)16-9(2)13(18)17-6-4-5-11(17)7-14/h9,11,16H,4-7,14H2,1-3H3. The molecule has 3 N–H and O–H groups in total. The average Bonchev–Trinajstić information content (AvgIpc) is 3.03. The highest BCUT2D eigenvalue weighted by Gasteiger charge is 2.34. The summed E-state index contributed by atoms with van der Waals surface area (Å²) in [5.74, 6) is -0.0612. The lowest BCUT2D eigenvalue weighted by Crippen LogP contribution is -2.50. The number of nitrogens with zero attached hydrogens (tertiary/aromatic N) is 2. The molecule has 124 valence electrons. The number of amides is 1. The second-order valence-electron chi connectivity index (χ2n) is 5.56. The summed E-state index contributed by atoms with van der Waals surface area (Å²) in [7, 11) is -3.86. The molecule has 9 heteroatoms. The fourth-order valence-corrected chi connectivity index (χ4v) is 4.35. The monoisotopic (exact) mass is 330 g/mol. The number of nitrogens with two attached hydrogens (primary N) is 1. The van der Waals surface area contributed by atoms with Gasteiger partial charge in [-0.1, -0.05) is 5.16 Å². The Balaban J connectivity index is 2.14. The number of hydrogen-bond acceptors (Lipinski definition) is 6. The van der Waals surface area contributed by atoms with Crippen molar-refractivity contribution in [2.45, 2.75) is 50.6 Å². The Morgan fingerprint density at radius 2 is 2.23 bits per heavy atom. The Bertz CT molecular complexity index is 635. The molecule has 2 atom stereocenters. The Morgan fingerprint density at radius 1 is 1.55 bits per heavy atom. The van der Waals surface area contributed by atoms with Crippen molar-refractivity contribution in [3.63, 3.8) is 0 Å². The number of nitrogens with one attached hydrogen (secondary N) is 1. The third-order valence-corrected chi connectivity index (χ3v) is 5.66. The van der Waals surface area contributed by atoms with Gasteiger partial charge in [0, 0.05) is 19.1 Å². The van der Waals surface area contributed by atoms with Crippen LogP contribution in [0.25, 0.3) is 0 Å². The molecule has 2 unspecified atom stereocenters. The zero-order valence-electron chi connectivity index (χ0n) is 13.0. The predicted molar refractivity (Wildman–Crippen MR) is 79.5 cm³/mol. The molecule has 1 aliphatic heterocycles. The van der Waals surface area contributed by atoms with Crippen molar-refractivity contribution in [1.82, 2.24) is 14.8 Å². The van der Waals surface area contributed by atoms with Crippen molar-refractivity contribution >= 4 is 15.9 Å². The molecule has 0 saturated carbocycles. The van der Waals surface area contributed by atoms with Crippen LogP contribution in [0.3, 0.4) is 0 Å².